The molecule has 0 spiro atoms. The van der Waals surface area contributed by atoms with Crippen molar-refractivity contribution in [2.75, 3.05) is 14.2 Å². The number of nitrogens with two attached hydrogens (primary N) is 1. The zero-order valence-corrected chi connectivity index (χ0v) is 12.7. The van der Waals surface area contributed by atoms with E-state index in [1.807, 2.05) is 36.4 Å². The molecule has 0 aliphatic heterocycles. The monoisotopic (exact) mass is 300 g/mol. The first-order valence-corrected chi connectivity index (χ1v) is 7.40. The van der Waals surface area contributed by atoms with Gasteiger partial charge in [0, 0.05) is 7.05 Å². The fraction of sp³-hybridized carbons (Fsp3) is 0.412. The molecule has 2 aliphatic carbocycles. The Morgan fingerprint density at radius 1 is 1.36 bits per heavy atom. The number of allylic oxidation sites excluding steroid dienone is 2. The van der Waals surface area contributed by atoms with Gasteiger partial charge in [-0.15, -0.1) is 0 Å². The van der Waals surface area contributed by atoms with E-state index in [-0.39, 0.29) is 17.7 Å². The van der Waals surface area contributed by atoms with Gasteiger partial charge in [0.2, 0.25) is 11.8 Å². The molecule has 1 saturated carbocycles. The lowest BCUT2D eigenvalue weighted by atomic mass is 9.63. The molecular weight excluding hydrogens is 280 g/mol. The third kappa shape index (κ3) is 1.78. The molecule has 5 heteroatoms. The van der Waals surface area contributed by atoms with Crippen molar-refractivity contribution in [2.45, 2.75) is 11.8 Å². The molecule has 2 bridgehead atoms. The summed E-state index contributed by atoms with van der Waals surface area (Å²) in [4.78, 5) is 25.0. The number of hydrogen-bond donors (Lipinski definition) is 2. The van der Waals surface area contributed by atoms with Gasteiger partial charge in [0.25, 0.3) is 0 Å². The molecule has 1 aromatic carbocycles. The van der Waals surface area contributed by atoms with Gasteiger partial charge in [-0.3, -0.25) is 9.59 Å². The standard InChI is InChI=1S/C17H20N2O3/c1-19-16(21)17(11-4-3-5-13(9-11)22-2)12-7-6-10(8-12)14(17)15(18)20/h3-7,9-10,12,14H,8H2,1-2H3,(H2,18,20)(H,19,21). The number of amides is 2. The highest BCUT2D eigenvalue weighted by Gasteiger charge is 2.63. The van der Waals surface area contributed by atoms with Crippen molar-refractivity contribution in [3.8, 4) is 5.75 Å². The molecule has 2 aliphatic rings. The Bertz CT molecular complexity index is 655. The predicted molar refractivity (Wildman–Crippen MR) is 82.2 cm³/mol. The molecule has 3 rings (SSSR count). The Balaban J connectivity index is 2.23. The van der Waals surface area contributed by atoms with Gasteiger partial charge in [0.05, 0.1) is 18.4 Å². The summed E-state index contributed by atoms with van der Waals surface area (Å²) < 4.78 is 5.28. The quantitative estimate of drug-likeness (QED) is 0.814. The number of ether oxygens (including phenoxy) is 1. The van der Waals surface area contributed by atoms with Gasteiger partial charge in [-0.1, -0.05) is 24.3 Å². The maximum atomic E-state index is 12.8. The number of carbonyl (C=O) groups is 2. The molecule has 4 atom stereocenters. The lowest BCUT2D eigenvalue weighted by Gasteiger charge is -2.39. The maximum Gasteiger partial charge on any atom is 0.231 e. The number of likely N-dealkylation sites (N-methyl/N-ethyl adjacent to an activating group) is 1. The summed E-state index contributed by atoms with van der Waals surface area (Å²) in [6.45, 7) is 0. The first-order chi connectivity index (χ1) is 10.6. The van der Waals surface area contributed by atoms with Crippen molar-refractivity contribution >= 4 is 11.8 Å². The summed E-state index contributed by atoms with van der Waals surface area (Å²) in [7, 11) is 3.18. The van der Waals surface area contributed by atoms with Gasteiger partial charge >= 0.3 is 0 Å². The fourth-order valence-electron chi connectivity index (χ4n) is 4.24. The van der Waals surface area contributed by atoms with Crippen molar-refractivity contribution < 1.29 is 14.3 Å². The third-order valence-electron chi connectivity index (χ3n) is 5.08. The first kappa shape index (κ1) is 14.6. The third-order valence-corrected chi connectivity index (χ3v) is 5.08. The minimum Gasteiger partial charge on any atom is -0.497 e. The average molecular weight is 300 g/mol. The second kappa shape index (κ2) is 5.16. The lowest BCUT2D eigenvalue weighted by molar-refractivity contribution is -0.136. The fourth-order valence-corrected chi connectivity index (χ4v) is 4.24. The molecule has 0 aromatic heterocycles. The molecular formula is C17H20N2O3. The van der Waals surface area contributed by atoms with Crippen LogP contribution in [0.4, 0.5) is 0 Å². The topological polar surface area (TPSA) is 81.4 Å². The second-order valence-corrected chi connectivity index (χ2v) is 5.95. The number of primary amides is 1. The van der Waals surface area contributed by atoms with Crippen LogP contribution in [0.25, 0.3) is 0 Å². The Hall–Kier alpha value is -2.30. The summed E-state index contributed by atoms with van der Waals surface area (Å²) in [5.41, 5.74) is 5.51. The van der Waals surface area contributed by atoms with E-state index in [9.17, 15) is 9.59 Å². The highest BCUT2D eigenvalue weighted by Crippen LogP contribution is 2.57. The van der Waals surface area contributed by atoms with E-state index in [4.69, 9.17) is 10.5 Å². The summed E-state index contributed by atoms with van der Waals surface area (Å²) in [5.74, 6) is -0.469. The Kier molecular flexibility index (Phi) is 3.43. The summed E-state index contributed by atoms with van der Waals surface area (Å²) in [6, 6.07) is 7.37. The maximum absolute atomic E-state index is 12.8. The van der Waals surface area contributed by atoms with Crippen LogP contribution in [-0.4, -0.2) is 26.0 Å². The minimum atomic E-state index is -0.950. The summed E-state index contributed by atoms with van der Waals surface area (Å²) >= 11 is 0. The number of fused-ring (bicyclic) bond motifs is 2. The number of nitrogens with one attached hydrogen (secondary N) is 1. The number of benzene rings is 1. The SMILES string of the molecule is CNC(=O)C1(c2cccc(OC)c2)C2C=CC(C2)C1C(N)=O. The highest BCUT2D eigenvalue weighted by atomic mass is 16.5. The molecule has 116 valence electrons. The molecule has 0 radical (unpaired) electrons. The van der Waals surface area contributed by atoms with E-state index in [1.165, 1.54) is 0 Å². The van der Waals surface area contributed by atoms with Gasteiger partial charge in [-0.25, -0.2) is 0 Å². The number of methoxy groups -OCH3 is 1. The number of hydrogen-bond acceptors (Lipinski definition) is 3. The molecule has 2 amide bonds. The van der Waals surface area contributed by atoms with E-state index in [0.717, 1.165) is 12.0 Å². The van der Waals surface area contributed by atoms with Gasteiger partial charge in [-0.05, 0) is 36.0 Å². The van der Waals surface area contributed by atoms with Crippen LogP contribution in [0.15, 0.2) is 36.4 Å². The highest BCUT2D eigenvalue weighted by molar-refractivity contribution is 5.97. The Labute approximate surface area is 129 Å². The van der Waals surface area contributed by atoms with E-state index >= 15 is 0 Å². The van der Waals surface area contributed by atoms with Crippen molar-refractivity contribution in [3.63, 3.8) is 0 Å². The normalized spacial score (nSPS) is 32.0. The van der Waals surface area contributed by atoms with E-state index < -0.39 is 17.2 Å². The largest absolute Gasteiger partial charge is 0.497 e. The van der Waals surface area contributed by atoms with Crippen molar-refractivity contribution in [1.29, 1.82) is 0 Å². The van der Waals surface area contributed by atoms with Crippen LogP contribution in [0.1, 0.15) is 12.0 Å². The van der Waals surface area contributed by atoms with Crippen LogP contribution < -0.4 is 15.8 Å². The molecule has 1 fully saturated rings. The van der Waals surface area contributed by atoms with E-state index in [0.29, 0.717) is 5.75 Å². The molecule has 5 nitrogen and oxygen atoms in total. The molecule has 1 aromatic rings. The van der Waals surface area contributed by atoms with Crippen molar-refractivity contribution in [1.82, 2.24) is 5.32 Å². The Morgan fingerprint density at radius 2 is 2.14 bits per heavy atom. The van der Waals surface area contributed by atoms with E-state index in [2.05, 4.69) is 5.32 Å². The van der Waals surface area contributed by atoms with Crippen molar-refractivity contribution in [2.24, 2.45) is 23.5 Å². The van der Waals surface area contributed by atoms with Crippen LogP contribution >= 0.6 is 0 Å². The Morgan fingerprint density at radius 3 is 2.77 bits per heavy atom. The van der Waals surface area contributed by atoms with Gasteiger partial charge < -0.3 is 15.8 Å². The van der Waals surface area contributed by atoms with E-state index in [1.54, 1.807) is 14.2 Å². The van der Waals surface area contributed by atoms with Crippen LogP contribution in [0, 0.1) is 17.8 Å². The zero-order chi connectivity index (χ0) is 15.9. The van der Waals surface area contributed by atoms with Gasteiger partial charge in [0.1, 0.15) is 5.75 Å². The van der Waals surface area contributed by atoms with Crippen LogP contribution in [0.2, 0.25) is 0 Å². The average Bonchev–Trinajstić information content (AvgIpc) is 3.13. The van der Waals surface area contributed by atoms with Crippen LogP contribution in [-0.2, 0) is 15.0 Å². The molecule has 22 heavy (non-hydrogen) atoms. The first-order valence-electron chi connectivity index (χ1n) is 7.40. The number of rotatable bonds is 4. The summed E-state index contributed by atoms with van der Waals surface area (Å²) in [6.07, 6.45) is 4.83. The number of carbonyl (C=O) groups excluding carboxylic acids is 2. The lowest BCUT2D eigenvalue weighted by Crippen LogP contribution is -2.55. The van der Waals surface area contributed by atoms with Gasteiger partial charge in [0.15, 0.2) is 0 Å². The molecule has 0 heterocycles. The predicted octanol–water partition coefficient (Wildman–Crippen LogP) is 0.986. The smallest absolute Gasteiger partial charge is 0.231 e. The second-order valence-electron chi connectivity index (χ2n) is 5.95. The van der Waals surface area contributed by atoms with Crippen LogP contribution in [0.5, 0.6) is 5.75 Å². The van der Waals surface area contributed by atoms with Crippen molar-refractivity contribution in [3.05, 3.63) is 42.0 Å². The molecule has 4 unspecified atom stereocenters. The van der Waals surface area contributed by atoms with Crippen LogP contribution in [0.3, 0.4) is 0 Å². The zero-order valence-electron chi connectivity index (χ0n) is 12.7. The molecule has 0 saturated heterocycles. The minimum absolute atomic E-state index is 0.0194. The summed E-state index contributed by atoms with van der Waals surface area (Å²) in [5, 5.41) is 2.73. The molecule has 3 N–H and O–H groups in total. The van der Waals surface area contributed by atoms with Gasteiger partial charge in [-0.2, -0.15) is 0 Å².